The van der Waals surface area contributed by atoms with E-state index in [-0.39, 0.29) is 6.79 Å². The zero-order valence-electron chi connectivity index (χ0n) is 10.5. The molecule has 0 bridgehead atoms. The number of benzene rings is 1. The molecular formula is C12H13NO4S2. The van der Waals surface area contributed by atoms with Crippen LogP contribution < -0.4 is 14.8 Å². The number of esters is 1. The lowest BCUT2D eigenvalue weighted by molar-refractivity contribution is -0.142. The van der Waals surface area contributed by atoms with Crippen molar-refractivity contribution in [1.82, 2.24) is 5.32 Å². The van der Waals surface area contributed by atoms with Crippen LogP contribution in [0.1, 0.15) is 11.6 Å². The maximum atomic E-state index is 11.8. The van der Waals surface area contributed by atoms with Crippen LogP contribution in [0.25, 0.3) is 0 Å². The van der Waals surface area contributed by atoms with Gasteiger partial charge in [0.25, 0.3) is 0 Å². The third kappa shape index (κ3) is 3.10. The normalized spacial score (nSPS) is 13.8. The summed E-state index contributed by atoms with van der Waals surface area (Å²) in [6.45, 7) is 0.193. The predicted octanol–water partition coefficient (Wildman–Crippen LogP) is 1.87. The van der Waals surface area contributed by atoms with E-state index < -0.39 is 12.0 Å². The smallest absolute Gasteiger partial charge is 0.333 e. The molecule has 19 heavy (non-hydrogen) atoms. The third-order valence-electron chi connectivity index (χ3n) is 2.61. The predicted molar refractivity (Wildman–Crippen MR) is 76.6 cm³/mol. The molecule has 1 aliphatic rings. The van der Waals surface area contributed by atoms with Crippen LogP contribution in [-0.4, -0.2) is 30.4 Å². The van der Waals surface area contributed by atoms with E-state index in [1.54, 1.807) is 18.2 Å². The summed E-state index contributed by atoms with van der Waals surface area (Å²) in [5.41, 5.74) is 0.715. The Hall–Kier alpha value is -1.47. The Labute approximate surface area is 120 Å². The summed E-state index contributed by atoms with van der Waals surface area (Å²) < 4.78 is 15.8. The van der Waals surface area contributed by atoms with Crippen LogP contribution in [0.2, 0.25) is 0 Å². The quantitative estimate of drug-likeness (QED) is 0.675. The molecule has 1 aromatic rings. The topological polar surface area (TPSA) is 56.8 Å². The Morgan fingerprint density at radius 2 is 2.21 bits per heavy atom. The summed E-state index contributed by atoms with van der Waals surface area (Å²) >= 11 is 6.44. The number of thiocarbonyl (C=S) groups is 1. The lowest BCUT2D eigenvalue weighted by Gasteiger charge is -2.17. The van der Waals surface area contributed by atoms with Gasteiger partial charge in [0.2, 0.25) is 6.79 Å². The monoisotopic (exact) mass is 299 g/mol. The van der Waals surface area contributed by atoms with Crippen LogP contribution in [0.4, 0.5) is 0 Å². The van der Waals surface area contributed by atoms with Crippen LogP contribution in [0, 0.1) is 0 Å². The average molecular weight is 299 g/mol. The van der Waals surface area contributed by atoms with Gasteiger partial charge in [-0.3, -0.25) is 0 Å². The molecule has 102 valence electrons. The Kier molecular flexibility index (Phi) is 4.49. The van der Waals surface area contributed by atoms with Gasteiger partial charge in [0.05, 0.1) is 7.11 Å². The molecule has 5 nitrogen and oxygen atoms in total. The molecule has 1 unspecified atom stereocenters. The van der Waals surface area contributed by atoms with Gasteiger partial charge in [-0.15, -0.1) is 11.8 Å². The highest BCUT2D eigenvalue weighted by Gasteiger charge is 2.24. The summed E-state index contributed by atoms with van der Waals surface area (Å²) in [7, 11) is 1.34. The molecule has 1 atom stereocenters. The van der Waals surface area contributed by atoms with Gasteiger partial charge in [0.1, 0.15) is 4.32 Å². The Morgan fingerprint density at radius 3 is 2.89 bits per heavy atom. The molecule has 0 fully saturated rings. The Balaban J connectivity index is 2.27. The Bertz CT molecular complexity index is 507. The first-order valence-electron chi connectivity index (χ1n) is 5.47. The SMILES string of the molecule is COC(=O)C(NC(=S)SC)c1ccc2c(c1)OCO2. The first kappa shape index (κ1) is 14.0. The number of fused-ring (bicyclic) bond motifs is 1. The Morgan fingerprint density at radius 1 is 1.47 bits per heavy atom. The van der Waals surface area contributed by atoms with E-state index >= 15 is 0 Å². The van der Waals surface area contributed by atoms with E-state index in [9.17, 15) is 4.79 Å². The highest BCUT2D eigenvalue weighted by molar-refractivity contribution is 8.22. The molecule has 0 saturated heterocycles. The van der Waals surface area contributed by atoms with E-state index in [1.165, 1.54) is 18.9 Å². The van der Waals surface area contributed by atoms with Gasteiger partial charge in [-0.05, 0) is 24.0 Å². The summed E-state index contributed by atoms with van der Waals surface area (Å²) in [5, 5.41) is 2.95. The highest BCUT2D eigenvalue weighted by atomic mass is 32.2. The first-order chi connectivity index (χ1) is 9.15. The van der Waals surface area contributed by atoms with E-state index in [1.807, 2.05) is 6.26 Å². The minimum absolute atomic E-state index is 0.193. The third-order valence-corrected chi connectivity index (χ3v) is 3.72. The summed E-state index contributed by atoms with van der Waals surface area (Å²) in [4.78, 5) is 11.8. The average Bonchev–Trinajstić information content (AvgIpc) is 2.90. The van der Waals surface area contributed by atoms with Gasteiger partial charge in [-0.25, -0.2) is 4.79 Å². The van der Waals surface area contributed by atoms with Gasteiger partial charge in [0.15, 0.2) is 17.5 Å². The van der Waals surface area contributed by atoms with Crippen LogP contribution in [-0.2, 0) is 9.53 Å². The molecule has 1 aromatic carbocycles. The molecular weight excluding hydrogens is 286 g/mol. The van der Waals surface area contributed by atoms with Crippen LogP contribution in [0.15, 0.2) is 18.2 Å². The fraction of sp³-hybridized carbons (Fsp3) is 0.333. The van der Waals surface area contributed by atoms with Gasteiger partial charge in [-0.1, -0.05) is 18.3 Å². The number of nitrogens with one attached hydrogen (secondary N) is 1. The number of rotatable bonds is 3. The summed E-state index contributed by atoms with van der Waals surface area (Å²) in [6.07, 6.45) is 1.84. The van der Waals surface area contributed by atoms with E-state index in [4.69, 9.17) is 26.4 Å². The van der Waals surface area contributed by atoms with Crippen molar-refractivity contribution in [2.24, 2.45) is 0 Å². The van der Waals surface area contributed by atoms with Crippen LogP contribution in [0.5, 0.6) is 11.5 Å². The van der Waals surface area contributed by atoms with Crippen LogP contribution >= 0.6 is 24.0 Å². The molecule has 1 heterocycles. The number of carbonyl (C=O) groups excluding carboxylic acids is 1. The maximum absolute atomic E-state index is 11.8. The molecule has 1 N–H and O–H groups in total. The summed E-state index contributed by atoms with van der Waals surface area (Å²) in [5.74, 6) is 0.873. The standard InChI is InChI=1S/C12H13NO4S2/c1-15-11(14)10(13-12(18)19-2)7-3-4-8-9(5-7)17-6-16-8/h3-5,10H,6H2,1-2H3,(H,13,18). The second-order valence-electron chi connectivity index (χ2n) is 3.70. The second kappa shape index (κ2) is 6.12. The van der Waals surface area contributed by atoms with Crippen LogP contribution in [0.3, 0.4) is 0 Å². The van der Waals surface area contributed by atoms with Crippen molar-refractivity contribution in [3.05, 3.63) is 23.8 Å². The van der Waals surface area contributed by atoms with Gasteiger partial charge >= 0.3 is 5.97 Å². The molecule has 0 amide bonds. The number of ether oxygens (including phenoxy) is 3. The molecule has 2 rings (SSSR count). The van der Waals surface area contributed by atoms with Crippen molar-refractivity contribution in [1.29, 1.82) is 0 Å². The van der Waals surface area contributed by atoms with Crippen molar-refractivity contribution < 1.29 is 19.0 Å². The second-order valence-corrected chi connectivity index (χ2v) is 5.19. The first-order valence-corrected chi connectivity index (χ1v) is 7.11. The zero-order valence-corrected chi connectivity index (χ0v) is 12.1. The minimum Gasteiger partial charge on any atom is -0.467 e. The molecule has 0 aliphatic carbocycles. The van der Waals surface area contributed by atoms with Gasteiger partial charge in [-0.2, -0.15) is 0 Å². The zero-order chi connectivity index (χ0) is 13.8. The fourth-order valence-corrected chi connectivity index (χ4v) is 2.02. The maximum Gasteiger partial charge on any atom is 0.333 e. The molecule has 0 aromatic heterocycles. The van der Waals surface area contributed by atoms with Crippen molar-refractivity contribution in [3.8, 4) is 11.5 Å². The molecule has 7 heteroatoms. The molecule has 0 radical (unpaired) electrons. The molecule has 1 aliphatic heterocycles. The van der Waals surface area contributed by atoms with Crippen molar-refractivity contribution in [2.45, 2.75) is 6.04 Å². The fourth-order valence-electron chi connectivity index (χ4n) is 1.67. The van der Waals surface area contributed by atoms with Gasteiger partial charge in [0, 0.05) is 0 Å². The molecule has 0 spiro atoms. The van der Waals surface area contributed by atoms with E-state index in [0.29, 0.717) is 21.4 Å². The number of carbonyl (C=O) groups is 1. The number of hydrogen-bond acceptors (Lipinski definition) is 6. The van der Waals surface area contributed by atoms with Crippen molar-refractivity contribution in [2.75, 3.05) is 20.2 Å². The number of hydrogen-bond donors (Lipinski definition) is 1. The van der Waals surface area contributed by atoms with Crippen molar-refractivity contribution >= 4 is 34.3 Å². The largest absolute Gasteiger partial charge is 0.467 e. The van der Waals surface area contributed by atoms with Gasteiger partial charge < -0.3 is 19.5 Å². The molecule has 0 saturated carbocycles. The number of methoxy groups -OCH3 is 1. The van der Waals surface area contributed by atoms with E-state index in [2.05, 4.69) is 5.32 Å². The number of thioether (sulfide) groups is 1. The lowest BCUT2D eigenvalue weighted by Crippen LogP contribution is -2.31. The highest BCUT2D eigenvalue weighted by Crippen LogP contribution is 2.34. The minimum atomic E-state index is -0.653. The lowest BCUT2D eigenvalue weighted by atomic mass is 10.1. The van der Waals surface area contributed by atoms with E-state index in [0.717, 1.165) is 0 Å². The van der Waals surface area contributed by atoms with Crippen molar-refractivity contribution in [3.63, 3.8) is 0 Å². The summed E-state index contributed by atoms with van der Waals surface area (Å²) in [6, 6.07) is 4.64.